The maximum atomic E-state index is 12.9. The molecule has 4 aromatic rings. The number of nitrogens with zero attached hydrogens (tertiary/aromatic N) is 5. The number of halogens is 1. The fraction of sp³-hybridized carbons (Fsp3) is 0.333. The normalized spacial score (nSPS) is 15.4. The van der Waals surface area contributed by atoms with Gasteiger partial charge in [0.1, 0.15) is 5.52 Å². The maximum Gasteiger partial charge on any atom is 0.223 e. The van der Waals surface area contributed by atoms with Crippen molar-refractivity contribution in [2.45, 2.75) is 39.7 Å². The second-order valence-electron chi connectivity index (χ2n) is 9.21. The molecule has 0 saturated carbocycles. The summed E-state index contributed by atoms with van der Waals surface area (Å²) >= 11 is 6.08. The summed E-state index contributed by atoms with van der Waals surface area (Å²) in [5.41, 5.74) is 4.76. The number of carbonyl (C=O) groups is 1. The molecule has 1 N–H and O–H groups in total. The molecule has 5 rings (SSSR count). The predicted octanol–water partition coefficient (Wildman–Crippen LogP) is 5.18. The van der Waals surface area contributed by atoms with Crippen molar-refractivity contribution in [1.82, 2.24) is 25.3 Å². The first-order chi connectivity index (χ1) is 16.9. The van der Waals surface area contributed by atoms with Crippen LogP contribution in [0.4, 0.5) is 5.82 Å². The second kappa shape index (κ2) is 9.66. The van der Waals surface area contributed by atoms with Crippen molar-refractivity contribution in [3.8, 4) is 5.69 Å². The van der Waals surface area contributed by atoms with Crippen molar-refractivity contribution in [1.29, 1.82) is 0 Å². The number of amides is 1. The topological polar surface area (TPSA) is 75.9 Å². The van der Waals surface area contributed by atoms with Crippen LogP contribution in [0.3, 0.4) is 0 Å². The Morgan fingerprint density at radius 3 is 2.40 bits per heavy atom. The van der Waals surface area contributed by atoms with Gasteiger partial charge in [-0.15, -0.1) is 5.10 Å². The predicted molar refractivity (Wildman–Crippen MR) is 139 cm³/mol. The summed E-state index contributed by atoms with van der Waals surface area (Å²) in [6.07, 6.45) is 1.53. The molecule has 1 atom stereocenters. The zero-order valence-electron chi connectivity index (χ0n) is 20.2. The SMILES string of the molecule is Cc1nnc(N2CCC(C(=O)NC(C)c3ccccc3)CC2)c2nn(-c3ccc(Cl)cc3)c(C)c12. The van der Waals surface area contributed by atoms with Crippen LogP contribution in [0.1, 0.15) is 42.8 Å². The van der Waals surface area contributed by atoms with Crippen molar-refractivity contribution in [2.75, 3.05) is 18.0 Å². The standard InChI is InChI=1S/C27H29ClN6O/c1-17(20-7-5-4-6-8-20)29-27(35)21-13-15-33(16-14-21)26-25-24(18(2)30-31-26)19(3)34(32-25)23-11-9-22(28)10-12-23/h4-12,17,21H,13-16H2,1-3H3,(H,29,35). The molecule has 0 radical (unpaired) electrons. The van der Waals surface area contributed by atoms with Gasteiger partial charge in [-0.3, -0.25) is 4.79 Å². The van der Waals surface area contributed by atoms with E-state index in [-0.39, 0.29) is 17.9 Å². The lowest BCUT2D eigenvalue weighted by molar-refractivity contribution is -0.126. The zero-order valence-corrected chi connectivity index (χ0v) is 21.0. The Bertz CT molecular complexity index is 1340. The molecular formula is C27H29ClN6O. The van der Waals surface area contributed by atoms with Gasteiger partial charge >= 0.3 is 0 Å². The quantitative estimate of drug-likeness (QED) is 0.419. The van der Waals surface area contributed by atoms with Crippen molar-refractivity contribution in [3.05, 3.63) is 76.6 Å². The van der Waals surface area contributed by atoms with E-state index in [9.17, 15) is 4.79 Å². The fourth-order valence-corrected chi connectivity index (χ4v) is 4.99. The summed E-state index contributed by atoms with van der Waals surface area (Å²) in [6, 6.07) is 17.7. The first-order valence-electron chi connectivity index (χ1n) is 12.0. The third-order valence-corrected chi connectivity index (χ3v) is 7.13. The lowest BCUT2D eigenvalue weighted by Crippen LogP contribution is -2.41. The van der Waals surface area contributed by atoms with E-state index in [2.05, 4.69) is 20.4 Å². The lowest BCUT2D eigenvalue weighted by atomic mass is 9.95. The number of anilines is 1. The summed E-state index contributed by atoms with van der Waals surface area (Å²) in [4.78, 5) is 15.1. The van der Waals surface area contributed by atoms with Crippen LogP contribution in [-0.2, 0) is 4.79 Å². The number of rotatable bonds is 5. The zero-order chi connectivity index (χ0) is 24.5. The number of fused-ring (bicyclic) bond motifs is 1. The van der Waals surface area contributed by atoms with E-state index in [0.29, 0.717) is 5.02 Å². The van der Waals surface area contributed by atoms with Crippen molar-refractivity contribution in [3.63, 3.8) is 0 Å². The summed E-state index contributed by atoms with van der Waals surface area (Å²) in [5, 5.41) is 18.8. The van der Waals surface area contributed by atoms with Gasteiger partial charge in [-0.25, -0.2) is 4.68 Å². The number of benzene rings is 2. The molecule has 7 nitrogen and oxygen atoms in total. The van der Waals surface area contributed by atoms with Crippen LogP contribution in [0.25, 0.3) is 16.6 Å². The summed E-state index contributed by atoms with van der Waals surface area (Å²) < 4.78 is 1.92. The molecule has 2 aromatic carbocycles. The van der Waals surface area contributed by atoms with E-state index in [1.165, 1.54) is 0 Å². The Labute approximate surface area is 210 Å². The largest absolute Gasteiger partial charge is 0.353 e. The van der Waals surface area contributed by atoms with Gasteiger partial charge in [-0.2, -0.15) is 10.2 Å². The lowest BCUT2D eigenvalue weighted by Gasteiger charge is -2.32. The highest BCUT2D eigenvalue weighted by atomic mass is 35.5. The van der Waals surface area contributed by atoms with E-state index in [1.807, 2.05) is 80.1 Å². The highest BCUT2D eigenvalue weighted by Crippen LogP contribution is 2.32. The third kappa shape index (κ3) is 4.60. The number of aryl methyl sites for hydroxylation is 2. The number of piperidine rings is 1. The minimum Gasteiger partial charge on any atom is -0.353 e. The minimum absolute atomic E-state index is 0.0101. The average molecular weight is 489 g/mol. The molecule has 8 heteroatoms. The number of aromatic nitrogens is 4. The first-order valence-corrected chi connectivity index (χ1v) is 12.4. The molecule has 0 aliphatic carbocycles. The van der Waals surface area contributed by atoms with E-state index in [1.54, 1.807) is 0 Å². The molecule has 2 aromatic heterocycles. The van der Waals surface area contributed by atoms with Crippen LogP contribution in [0.15, 0.2) is 54.6 Å². The molecule has 0 bridgehead atoms. The van der Waals surface area contributed by atoms with Gasteiger partial charge in [0.2, 0.25) is 5.91 Å². The number of hydrogen-bond acceptors (Lipinski definition) is 5. The van der Waals surface area contributed by atoms with Crippen molar-refractivity contribution >= 4 is 34.2 Å². The Balaban J connectivity index is 1.33. The second-order valence-corrected chi connectivity index (χ2v) is 9.64. The molecule has 0 spiro atoms. The summed E-state index contributed by atoms with van der Waals surface area (Å²) in [7, 11) is 0. The van der Waals surface area contributed by atoms with E-state index >= 15 is 0 Å². The van der Waals surface area contributed by atoms with Crippen molar-refractivity contribution in [2.24, 2.45) is 5.92 Å². The van der Waals surface area contributed by atoms with E-state index < -0.39 is 0 Å². The molecule has 1 aliphatic rings. The molecule has 1 saturated heterocycles. The molecule has 1 unspecified atom stereocenters. The van der Waals surface area contributed by atoms with Crippen LogP contribution in [0.2, 0.25) is 5.02 Å². The highest BCUT2D eigenvalue weighted by Gasteiger charge is 2.29. The van der Waals surface area contributed by atoms with Gasteiger partial charge in [0.25, 0.3) is 0 Å². The molecule has 180 valence electrons. The van der Waals surface area contributed by atoms with Gasteiger partial charge in [-0.1, -0.05) is 41.9 Å². The van der Waals surface area contributed by atoms with Crippen LogP contribution in [-0.4, -0.2) is 39.0 Å². The Kier molecular flexibility index (Phi) is 6.43. The van der Waals surface area contributed by atoms with E-state index in [0.717, 1.165) is 65.3 Å². The van der Waals surface area contributed by atoms with Gasteiger partial charge in [0, 0.05) is 24.0 Å². The molecule has 1 fully saturated rings. The van der Waals surface area contributed by atoms with Crippen LogP contribution in [0, 0.1) is 19.8 Å². The van der Waals surface area contributed by atoms with Gasteiger partial charge in [-0.05, 0) is 63.4 Å². The smallest absolute Gasteiger partial charge is 0.223 e. The first kappa shape index (κ1) is 23.3. The van der Waals surface area contributed by atoms with Gasteiger partial charge in [0.15, 0.2) is 5.82 Å². The monoisotopic (exact) mass is 488 g/mol. The van der Waals surface area contributed by atoms with Gasteiger partial charge in [0.05, 0.1) is 28.5 Å². The van der Waals surface area contributed by atoms with Crippen LogP contribution in [0.5, 0.6) is 0 Å². The molecule has 3 heterocycles. The fourth-order valence-electron chi connectivity index (χ4n) is 4.87. The van der Waals surface area contributed by atoms with Crippen LogP contribution >= 0.6 is 11.6 Å². The van der Waals surface area contributed by atoms with Gasteiger partial charge < -0.3 is 10.2 Å². The molecule has 1 aliphatic heterocycles. The average Bonchev–Trinajstić information content (AvgIpc) is 3.23. The third-order valence-electron chi connectivity index (χ3n) is 6.88. The minimum atomic E-state index is -0.0142. The number of carbonyl (C=O) groups excluding carboxylic acids is 1. The maximum absolute atomic E-state index is 12.9. The number of hydrogen-bond donors (Lipinski definition) is 1. The van der Waals surface area contributed by atoms with Crippen LogP contribution < -0.4 is 10.2 Å². The number of nitrogens with one attached hydrogen (secondary N) is 1. The Morgan fingerprint density at radius 1 is 1.03 bits per heavy atom. The van der Waals surface area contributed by atoms with Crippen molar-refractivity contribution < 1.29 is 4.79 Å². The summed E-state index contributed by atoms with van der Waals surface area (Å²) in [6.45, 7) is 7.51. The summed E-state index contributed by atoms with van der Waals surface area (Å²) in [5.74, 6) is 0.876. The Morgan fingerprint density at radius 2 is 1.71 bits per heavy atom. The molecule has 1 amide bonds. The highest BCUT2D eigenvalue weighted by molar-refractivity contribution is 6.30. The molecule has 35 heavy (non-hydrogen) atoms. The molecular weight excluding hydrogens is 460 g/mol. The Hall–Kier alpha value is -3.45. The van der Waals surface area contributed by atoms with E-state index in [4.69, 9.17) is 16.7 Å².